The lowest BCUT2D eigenvalue weighted by Crippen LogP contribution is -2.16. The Morgan fingerprint density at radius 3 is 2.63 bits per heavy atom. The van der Waals surface area contributed by atoms with Gasteiger partial charge in [-0.05, 0) is 22.9 Å². The third-order valence-electron chi connectivity index (χ3n) is 3.23. The Morgan fingerprint density at radius 1 is 1.11 bits per heavy atom. The standard InChI is InChI=1S/C15H16N4/c1-19(10-13-9-15(16)18-17-13)14-7-6-11-4-2-3-5-12(11)8-14/h2-9H,10H2,1H3,(H3,16,17,18). The molecule has 1 heterocycles. The van der Waals surface area contributed by atoms with Crippen molar-refractivity contribution in [3.63, 3.8) is 0 Å². The molecule has 0 unspecified atom stereocenters. The zero-order valence-electron chi connectivity index (χ0n) is 10.8. The van der Waals surface area contributed by atoms with Crippen LogP contribution in [-0.2, 0) is 6.54 Å². The van der Waals surface area contributed by atoms with Crippen LogP contribution in [0.25, 0.3) is 10.8 Å². The molecule has 1 aromatic heterocycles. The third-order valence-corrected chi connectivity index (χ3v) is 3.23. The Hall–Kier alpha value is -2.49. The predicted molar refractivity (Wildman–Crippen MR) is 79.1 cm³/mol. The van der Waals surface area contributed by atoms with E-state index < -0.39 is 0 Å². The number of nitrogens with two attached hydrogens (primary N) is 1. The Balaban J connectivity index is 1.86. The SMILES string of the molecule is CN(Cc1cc(N)n[nH]1)c1ccc2ccccc2c1. The summed E-state index contributed by atoms with van der Waals surface area (Å²) in [6.45, 7) is 0.753. The molecule has 0 saturated carbocycles. The van der Waals surface area contributed by atoms with Gasteiger partial charge in [0.15, 0.2) is 0 Å². The molecular weight excluding hydrogens is 236 g/mol. The second kappa shape index (κ2) is 4.65. The van der Waals surface area contributed by atoms with Crippen LogP contribution < -0.4 is 10.6 Å². The van der Waals surface area contributed by atoms with Crippen molar-refractivity contribution in [2.45, 2.75) is 6.54 Å². The van der Waals surface area contributed by atoms with Crippen molar-refractivity contribution in [2.24, 2.45) is 0 Å². The predicted octanol–water partition coefficient (Wildman–Crippen LogP) is 2.78. The van der Waals surface area contributed by atoms with E-state index in [4.69, 9.17) is 5.73 Å². The van der Waals surface area contributed by atoms with Crippen LogP contribution in [-0.4, -0.2) is 17.2 Å². The second-order valence-corrected chi connectivity index (χ2v) is 4.71. The van der Waals surface area contributed by atoms with Crippen LogP contribution in [0, 0.1) is 0 Å². The monoisotopic (exact) mass is 252 g/mol. The van der Waals surface area contributed by atoms with Gasteiger partial charge in [0.25, 0.3) is 0 Å². The van der Waals surface area contributed by atoms with Gasteiger partial charge in [0.1, 0.15) is 5.82 Å². The zero-order valence-corrected chi connectivity index (χ0v) is 10.8. The van der Waals surface area contributed by atoms with Crippen molar-refractivity contribution >= 4 is 22.3 Å². The molecule has 19 heavy (non-hydrogen) atoms. The Bertz CT molecular complexity index is 702. The van der Waals surface area contributed by atoms with Crippen LogP contribution in [0.3, 0.4) is 0 Å². The number of nitrogens with one attached hydrogen (secondary N) is 1. The van der Waals surface area contributed by atoms with Crippen LogP contribution >= 0.6 is 0 Å². The first-order chi connectivity index (χ1) is 9.22. The normalized spacial score (nSPS) is 10.8. The molecule has 0 radical (unpaired) electrons. The van der Waals surface area contributed by atoms with Gasteiger partial charge in [0, 0.05) is 18.8 Å². The number of nitrogen functional groups attached to an aromatic ring is 1. The number of aromatic amines is 1. The number of benzene rings is 2. The molecule has 3 rings (SSSR count). The smallest absolute Gasteiger partial charge is 0.145 e. The Labute approximate surface area is 111 Å². The maximum atomic E-state index is 5.61. The summed E-state index contributed by atoms with van der Waals surface area (Å²) in [6.07, 6.45) is 0. The molecule has 0 aliphatic carbocycles. The molecule has 2 aromatic carbocycles. The highest BCUT2D eigenvalue weighted by Crippen LogP contribution is 2.22. The Morgan fingerprint density at radius 2 is 1.89 bits per heavy atom. The van der Waals surface area contributed by atoms with Gasteiger partial charge < -0.3 is 10.6 Å². The molecule has 0 bridgehead atoms. The van der Waals surface area contributed by atoms with E-state index in [2.05, 4.69) is 64.6 Å². The molecule has 4 heteroatoms. The number of hydrogen-bond donors (Lipinski definition) is 2. The summed E-state index contributed by atoms with van der Waals surface area (Å²) in [4.78, 5) is 2.17. The van der Waals surface area contributed by atoms with Crippen LogP contribution in [0.15, 0.2) is 48.5 Å². The summed E-state index contributed by atoms with van der Waals surface area (Å²) in [5.41, 5.74) is 7.79. The molecule has 0 saturated heterocycles. The van der Waals surface area contributed by atoms with Gasteiger partial charge in [-0.15, -0.1) is 0 Å². The van der Waals surface area contributed by atoms with Gasteiger partial charge in [-0.2, -0.15) is 5.10 Å². The van der Waals surface area contributed by atoms with Gasteiger partial charge in [0.05, 0.1) is 12.2 Å². The second-order valence-electron chi connectivity index (χ2n) is 4.71. The van der Waals surface area contributed by atoms with Crippen molar-refractivity contribution in [3.8, 4) is 0 Å². The van der Waals surface area contributed by atoms with Crippen molar-refractivity contribution in [2.75, 3.05) is 17.7 Å². The van der Waals surface area contributed by atoms with Crippen molar-refractivity contribution < 1.29 is 0 Å². The summed E-state index contributed by atoms with van der Waals surface area (Å²) in [6, 6.07) is 16.7. The molecule has 96 valence electrons. The molecule has 3 N–H and O–H groups in total. The van der Waals surface area contributed by atoms with Crippen LogP contribution in [0.5, 0.6) is 0 Å². The van der Waals surface area contributed by atoms with Gasteiger partial charge >= 0.3 is 0 Å². The highest BCUT2D eigenvalue weighted by molar-refractivity contribution is 5.85. The molecule has 0 atom stereocenters. The summed E-state index contributed by atoms with van der Waals surface area (Å²) < 4.78 is 0. The van der Waals surface area contributed by atoms with Crippen LogP contribution in [0.2, 0.25) is 0 Å². The average Bonchev–Trinajstić information content (AvgIpc) is 2.83. The van der Waals surface area contributed by atoms with Crippen molar-refractivity contribution in [1.29, 1.82) is 0 Å². The van der Waals surface area contributed by atoms with Gasteiger partial charge in [-0.3, -0.25) is 5.10 Å². The molecular formula is C15H16N4. The van der Waals surface area contributed by atoms with E-state index in [0.717, 1.165) is 12.2 Å². The van der Waals surface area contributed by atoms with Gasteiger partial charge in [0.2, 0.25) is 0 Å². The number of nitrogens with zero attached hydrogens (tertiary/aromatic N) is 2. The first-order valence-electron chi connectivity index (χ1n) is 6.22. The minimum absolute atomic E-state index is 0.530. The number of rotatable bonds is 3. The number of H-pyrrole nitrogens is 1. The molecule has 4 nitrogen and oxygen atoms in total. The van der Waals surface area contributed by atoms with Crippen molar-refractivity contribution in [1.82, 2.24) is 10.2 Å². The molecule has 0 aliphatic heterocycles. The fourth-order valence-electron chi connectivity index (χ4n) is 2.22. The Kier molecular flexibility index (Phi) is 2.83. The summed E-state index contributed by atoms with van der Waals surface area (Å²) in [5.74, 6) is 0.530. The van der Waals surface area contributed by atoms with Crippen LogP contribution in [0.1, 0.15) is 5.69 Å². The van der Waals surface area contributed by atoms with Crippen molar-refractivity contribution in [3.05, 3.63) is 54.2 Å². The van der Waals surface area contributed by atoms with E-state index in [9.17, 15) is 0 Å². The first kappa shape index (κ1) is 11.6. The molecule has 0 fully saturated rings. The number of anilines is 2. The van der Waals surface area contributed by atoms with Crippen LogP contribution in [0.4, 0.5) is 11.5 Å². The van der Waals surface area contributed by atoms with Gasteiger partial charge in [-0.25, -0.2) is 0 Å². The molecule has 3 aromatic rings. The van der Waals surface area contributed by atoms with E-state index in [1.807, 2.05) is 6.07 Å². The molecule has 0 aliphatic rings. The number of hydrogen-bond acceptors (Lipinski definition) is 3. The lowest BCUT2D eigenvalue weighted by Gasteiger charge is -2.18. The van der Waals surface area contributed by atoms with E-state index in [0.29, 0.717) is 5.82 Å². The topological polar surface area (TPSA) is 57.9 Å². The summed E-state index contributed by atoms with van der Waals surface area (Å²) in [7, 11) is 2.06. The highest BCUT2D eigenvalue weighted by Gasteiger charge is 2.05. The lowest BCUT2D eigenvalue weighted by atomic mass is 10.1. The molecule has 0 amide bonds. The number of fused-ring (bicyclic) bond motifs is 1. The van der Waals surface area contributed by atoms with E-state index in [-0.39, 0.29) is 0 Å². The summed E-state index contributed by atoms with van der Waals surface area (Å²) >= 11 is 0. The first-order valence-corrected chi connectivity index (χ1v) is 6.22. The fraction of sp³-hybridized carbons (Fsp3) is 0.133. The molecule has 0 spiro atoms. The zero-order chi connectivity index (χ0) is 13.2. The maximum absolute atomic E-state index is 5.61. The lowest BCUT2D eigenvalue weighted by molar-refractivity contribution is 0.871. The van der Waals surface area contributed by atoms with E-state index >= 15 is 0 Å². The minimum Gasteiger partial charge on any atom is -0.382 e. The van der Waals surface area contributed by atoms with E-state index in [1.165, 1.54) is 16.5 Å². The number of aromatic nitrogens is 2. The quantitative estimate of drug-likeness (QED) is 0.753. The maximum Gasteiger partial charge on any atom is 0.145 e. The summed E-state index contributed by atoms with van der Waals surface area (Å²) in [5, 5.41) is 9.37. The fourth-order valence-corrected chi connectivity index (χ4v) is 2.22. The average molecular weight is 252 g/mol. The highest BCUT2D eigenvalue weighted by atomic mass is 15.2. The minimum atomic E-state index is 0.530. The van der Waals surface area contributed by atoms with Gasteiger partial charge in [-0.1, -0.05) is 30.3 Å². The van der Waals surface area contributed by atoms with E-state index in [1.54, 1.807) is 0 Å². The third kappa shape index (κ3) is 2.38. The largest absolute Gasteiger partial charge is 0.382 e.